The van der Waals surface area contributed by atoms with Gasteiger partial charge < -0.3 is 4.57 Å². The van der Waals surface area contributed by atoms with Crippen molar-refractivity contribution in [3.8, 4) is 11.8 Å². The number of nitrogens with zero attached hydrogens (tertiary/aromatic N) is 3. The first-order chi connectivity index (χ1) is 10.3. The Kier molecular flexibility index (Phi) is 5.56. The lowest BCUT2D eigenvalue weighted by Crippen LogP contribution is -2.11. The lowest BCUT2D eigenvalue weighted by Gasteiger charge is -2.01. The van der Waals surface area contributed by atoms with Gasteiger partial charge in [-0.05, 0) is 18.8 Å². The molecule has 0 saturated carbocycles. The highest BCUT2D eigenvalue weighted by Crippen LogP contribution is 2.07. The van der Waals surface area contributed by atoms with Crippen molar-refractivity contribution in [3.63, 3.8) is 0 Å². The Morgan fingerprint density at radius 2 is 2.05 bits per heavy atom. The summed E-state index contributed by atoms with van der Waals surface area (Å²) in [5.74, 6) is 6.46. The molecule has 2 aromatic heterocycles. The third-order valence-electron chi connectivity index (χ3n) is 3.34. The van der Waals surface area contributed by atoms with E-state index in [0.29, 0.717) is 17.0 Å². The molecule has 0 aliphatic heterocycles. The van der Waals surface area contributed by atoms with Crippen LogP contribution in [0.3, 0.4) is 0 Å². The molecule has 5 heteroatoms. The molecule has 0 saturated heterocycles. The summed E-state index contributed by atoms with van der Waals surface area (Å²) in [7, 11) is 0. The van der Waals surface area contributed by atoms with E-state index < -0.39 is 0 Å². The van der Waals surface area contributed by atoms with Crippen LogP contribution in [0, 0.1) is 11.8 Å². The molecule has 112 valence electrons. The molecule has 2 rings (SSSR count). The molecule has 2 heterocycles. The summed E-state index contributed by atoms with van der Waals surface area (Å²) in [6.07, 6.45) is 8.10. The minimum absolute atomic E-state index is 0.215. The molecule has 0 amide bonds. The summed E-state index contributed by atoms with van der Waals surface area (Å²) in [5, 5.41) is 0. The van der Waals surface area contributed by atoms with Crippen molar-refractivity contribution in [3.05, 3.63) is 22.5 Å². The van der Waals surface area contributed by atoms with Gasteiger partial charge in [-0.3, -0.25) is 9.78 Å². The summed E-state index contributed by atoms with van der Waals surface area (Å²) in [4.78, 5) is 23.3. The monoisotopic (exact) mass is 286 g/mol. The second-order valence-corrected chi connectivity index (χ2v) is 5.14. The Bertz CT molecular complexity index is 702. The van der Waals surface area contributed by atoms with Gasteiger partial charge in [0.2, 0.25) is 0 Å². The number of hydrogen-bond acceptors (Lipinski definition) is 3. The summed E-state index contributed by atoms with van der Waals surface area (Å²) < 4.78 is 1.93. The van der Waals surface area contributed by atoms with Crippen LogP contribution in [0.5, 0.6) is 0 Å². The van der Waals surface area contributed by atoms with Gasteiger partial charge in [-0.1, -0.05) is 39.0 Å². The maximum Gasteiger partial charge on any atom is 0.279 e. The Morgan fingerprint density at radius 1 is 1.24 bits per heavy atom. The van der Waals surface area contributed by atoms with Crippen LogP contribution in [0.1, 0.15) is 58.2 Å². The zero-order valence-corrected chi connectivity index (χ0v) is 12.8. The fraction of sp³-hybridized carbons (Fsp3) is 0.562. The first kappa shape index (κ1) is 15.3. The van der Waals surface area contributed by atoms with E-state index in [4.69, 9.17) is 0 Å². The first-order valence-corrected chi connectivity index (χ1v) is 7.70. The van der Waals surface area contributed by atoms with Crippen molar-refractivity contribution < 1.29 is 0 Å². The Balaban J connectivity index is 2.23. The zero-order chi connectivity index (χ0) is 15.1. The van der Waals surface area contributed by atoms with Gasteiger partial charge in [-0.2, -0.15) is 0 Å². The Morgan fingerprint density at radius 3 is 2.81 bits per heavy atom. The van der Waals surface area contributed by atoms with Crippen molar-refractivity contribution in [1.29, 1.82) is 0 Å². The van der Waals surface area contributed by atoms with Crippen LogP contribution in [-0.2, 0) is 6.54 Å². The van der Waals surface area contributed by atoms with Crippen molar-refractivity contribution in [1.82, 2.24) is 19.5 Å². The number of unbranched alkanes of at least 4 members (excludes halogenated alkanes) is 4. The number of aryl methyl sites for hydroxylation is 1. The van der Waals surface area contributed by atoms with Gasteiger partial charge in [0.05, 0.1) is 6.33 Å². The van der Waals surface area contributed by atoms with E-state index in [9.17, 15) is 4.79 Å². The number of aromatic amines is 1. The van der Waals surface area contributed by atoms with Crippen LogP contribution in [0.25, 0.3) is 11.2 Å². The maximum absolute atomic E-state index is 12.0. The zero-order valence-electron chi connectivity index (χ0n) is 12.8. The second-order valence-electron chi connectivity index (χ2n) is 5.14. The van der Waals surface area contributed by atoms with E-state index in [1.54, 1.807) is 6.33 Å². The molecule has 0 spiro atoms. The van der Waals surface area contributed by atoms with Crippen molar-refractivity contribution in [2.24, 2.45) is 0 Å². The normalized spacial score (nSPS) is 10.6. The van der Waals surface area contributed by atoms with Crippen LogP contribution in [0.2, 0.25) is 0 Å². The molecule has 0 radical (unpaired) electrons. The number of nitrogens with one attached hydrogen (secondary N) is 1. The van der Waals surface area contributed by atoms with Crippen LogP contribution >= 0.6 is 0 Å². The third kappa shape index (κ3) is 3.94. The third-order valence-corrected chi connectivity index (χ3v) is 3.34. The van der Waals surface area contributed by atoms with Crippen molar-refractivity contribution >= 4 is 11.2 Å². The maximum atomic E-state index is 12.0. The summed E-state index contributed by atoms with van der Waals surface area (Å²) in [6.45, 7) is 5.12. The van der Waals surface area contributed by atoms with E-state index in [-0.39, 0.29) is 5.56 Å². The molecule has 0 aliphatic rings. The first-order valence-electron chi connectivity index (χ1n) is 7.70. The van der Waals surface area contributed by atoms with Crippen molar-refractivity contribution in [2.75, 3.05) is 0 Å². The molecule has 0 aromatic carbocycles. The number of imidazole rings is 1. The standard InChI is InChI=1S/C16H22N4O/c1-3-5-7-8-9-10-13-18-15-14(16(21)19-13)17-12-20(15)11-6-4-2/h12H,3-8,11H2,1-2H3,(H,18,19,21). The summed E-state index contributed by atoms with van der Waals surface area (Å²) in [5.41, 5.74) is 0.806. The van der Waals surface area contributed by atoms with E-state index >= 15 is 0 Å². The molecule has 0 aliphatic carbocycles. The number of fused-ring (bicyclic) bond motifs is 1. The number of H-pyrrole nitrogens is 1. The highest BCUT2D eigenvalue weighted by molar-refractivity contribution is 5.69. The van der Waals surface area contributed by atoms with Crippen LogP contribution in [-0.4, -0.2) is 19.5 Å². The predicted octanol–water partition coefficient (Wildman–Crippen LogP) is 2.85. The van der Waals surface area contributed by atoms with Gasteiger partial charge in [0.1, 0.15) is 0 Å². The van der Waals surface area contributed by atoms with Gasteiger partial charge in [0, 0.05) is 13.0 Å². The minimum Gasteiger partial charge on any atom is -0.315 e. The molecule has 0 bridgehead atoms. The largest absolute Gasteiger partial charge is 0.315 e. The fourth-order valence-electron chi connectivity index (χ4n) is 2.11. The van der Waals surface area contributed by atoms with Crippen LogP contribution < -0.4 is 5.56 Å². The lowest BCUT2D eigenvalue weighted by atomic mass is 10.2. The van der Waals surface area contributed by atoms with Gasteiger partial charge in [-0.25, -0.2) is 9.97 Å². The quantitative estimate of drug-likeness (QED) is 0.656. The lowest BCUT2D eigenvalue weighted by molar-refractivity contribution is 0.641. The number of rotatable bonds is 6. The smallest absolute Gasteiger partial charge is 0.279 e. The summed E-state index contributed by atoms with van der Waals surface area (Å²) in [6, 6.07) is 0. The predicted molar refractivity (Wildman–Crippen MR) is 84.1 cm³/mol. The van der Waals surface area contributed by atoms with Gasteiger partial charge in [0.15, 0.2) is 17.0 Å². The highest BCUT2D eigenvalue weighted by atomic mass is 16.1. The topological polar surface area (TPSA) is 63.6 Å². The van der Waals surface area contributed by atoms with E-state index in [2.05, 4.69) is 40.6 Å². The fourth-order valence-corrected chi connectivity index (χ4v) is 2.11. The van der Waals surface area contributed by atoms with Crippen LogP contribution in [0.4, 0.5) is 0 Å². The van der Waals surface area contributed by atoms with Crippen molar-refractivity contribution in [2.45, 2.75) is 58.9 Å². The molecular formula is C16H22N4O. The number of aromatic nitrogens is 4. The average Bonchev–Trinajstić information content (AvgIpc) is 2.88. The van der Waals surface area contributed by atoms with Crippen LogP contribution in [0.15, 0.2) is 11.1 Å². The Labute approximate surface area is 124 Å². The minimum atomic E-state index is -0.215. The molecule has 5 nitrogen and oxygen atoms in total. The number of hydrogen-bond donors (Lipinski definition) is 1. The van der Waals surface area contributed by atoms with Gasteiger partial charge in [-0.15, -0.1) is 0 Å². The average molecular weight is 286 g/mol. The molecule has 21 heavy (non-hydrogen) atoms. The second kappa shape index (κ2) is 7.63. The molecule has 2 aromatic rings. The van der Waals surface area contributed by atoms with E-state index in [0.717, 1.165) is 32.2 Å². The van der Waals surface area contributed by atoms with Gasteiger partial charge >= 0.3 is 0 Å². The SMILES string of the molecule is CCCCCC#Cc1nc2c(ncn2CCCC)c(=O)[nH]1. The Hall–Kier alpha value is -2.09. The highest BCUT2D eigenvalue weighted by Gasteiger charge is 2.08. The van der Waals surface area contributed by atoms with Gasteiger partial charge in [0.25, 0.3) is 5.56 Å². The molecule has 1 N–H and O–H groups in total. The van der Waals surface area contributed by atoms with E-state index in [1.165, 1.54) is 12.8 Å². The molecule has 0 fully saturated rings. The molecular weight excluding hydrogens is 264 g/mol. The molecule has 0 unspecified atom stereocenters. The summed E-state index contributed by atoms with van der Waals surface area (Å²) >= 11 is 0. The molecule has 0 atom stereocenters. The van der Waals surface area contributed by atoms with E-state index in [1.807, 2.05) is 4.57 Å².